The van der Waals surface area contributed by atoms with Gasteiger partial charge in [-0.2, -0.15) is 0 Å². The molecule has 0 spiro atoms. The van der Waals surface area contributed by atoms with E-state index in [4.69, 9.17) is 5.73 Å². The molecule has 72 valence electrons. The summed E-state index contributed by atoms with van der Waals surface area (Å²) in [7, 11) is 0. The minimum absolute atomic E-state index is 0.473. The van der Waals surface area contributed by atoms with Crippen LogP contribution >= 0.6 is 0 Å². The minimum Gasteiger partial charge on any atom is -0.328 e. The molecule has 1 fully saturated rings. The first-order valence-electron chi connectivity index (χ1n) is 5.44. The Morgan fingerprint density at radius 2 is 1.58 bits per heavy atom. The summed E-state index contributed by atoms with van der Waals surface area (Å²) in [6, 6.07) is 0.473. The minimum atomic E-state index is 0.473. The van der Waals surface area contributed by atoms with Crippen LogP contribution in [0, 0.1) is 11.8 Å². The van der Waals surface area contributed by atoms with Gasteiger partial charge in [0, 0.05) is 6.04 Å². The SMILES string of the molecule is C[C@@H]1CCC[C@H](C)CC(N)CC1. The van der Waals surface area contributed by atoms with Gasteiger partial charge in [0.1, 0.15) is 0 Å². The molecule has 1 unspecified atom stereocenters. The first-order valence-corrected chi connectivity index (χ1v) is 5.44. The second-order valence-electron chi connectivity index (χ2n) is 4.71. The molecule has 1 aliphatic carbocycles. The molecule has 1 heteroatoms. The topological polar surface area (TPSA) is 26.0 Å². The van der Waals surface area contributed by atoms with Crippen LogP contribution in [-0.4, -0.2) is 6.04 Å². The van der Waals surface area contributed by atoms with Crippen LogP contribution < -0.4 is 5.73 Å². The Bertz CT molecular complexity index is 122. The van der Waals surface area contributed by atoms with Crippen molar-refractivity contribution >= 4 is 0 Å². The maximum Gasteiger partial charge on any atom is 0.00414 e. The molecular formula is C11H23N. The highest BCUT2D eigenvalue weighted by Crippen LogP contribution is 2.23. The maximum atomic E-state index is 6.03. The molecule has 2 N–H and O–H groups in total. The van der Waals surface area contributed by atoms with Crippen molar-refractivity contribution in [2.45, 2.75) is 58.4 Å². The lowest BCUT2D eigenvalue weighted by atomic mass is 9.97. The van der Waals surface area contributed by atoms with Crippen LogP contribution in [0.1, 0.15) is 52.4 Å². The molecule has 0 radical (unpaired) electrons. The van der Waals surface area contributed by atoms with E-state index in [1.165, 1.54) is 38.5 Å². The largest absolute Gasteiger partial charge is 0.328 e. The van der Waals surface area contributed by atoms with Gasteiger partial charge in [0.15, 0.2) is 0 Å². The van der Waals surface area contributed by atoms with E-state index in [2.05, 4.69) is 13.8 Å². The van der Waals surface area contributed by atoms with Crippen LogP contribution in [0.2, 0.25) is 0 Å². The van der Waals surface area contributed by atoms with Crippen molar-refractivity contribution in [3.63, 3.8) is 0 Å². The highest BCUT2D eigenvalue weighted by Gasteiger charge is 2.14. The van der Waals surface area contributed by atoms with Gasteiger partial charge in [-0.1, -0.05) is 33.1 Å². The molecule has 0 aromatic carbocycles. The quantitative estimate of drug-likeness (QED) is 0.593. The van der Waals surface area contributed by atoms with Crippen LogP contribution in [0.3, 0.4) is 0 Å². The number of hydrogen-bond donors (Lipinski definition) is 1. The molecular weight excluding hydrogens is 146 g/mol. The molecule has 1 nitrogen and oxygen atoms in total. The molecule has 0 bridgehead atoms. The van der Waals surface area contributed by atoms with Crippen molar-refractivity contribution < 1.29 is 0 Å². The average molecular weight is 169 g/mol. The smallest absolute Gasteiger partial charge is 0.00414 e. The molecule has 0 aliphatic heterocycles. The number of nitrogens with two attached hydrogens (primary N) is 1. The fourth-order valence-corrected chi connectivity index (χ4v) is 2.21. The summed E-state index contributed by atoms with van der Waals surface area (Å²) in [4.78, 5) is 0. The van der Waals surface area contributed by atoms with Crippen LogP contribution in [0.15, 0.2) is 0 Å². The second-order valence-corrected chi connectivity index (χ2v) is 4.71. The third kappa shape index (κ3) is 3.57. The lowest BCUT2D eigenvalue weighted by Gasteiger charge is -2.14. The van der Waals surface area contributed by atoms with E-state index in [9.17, 15) is 0 Å². The molecule has 3 atom stereocenters. The van der Waals surface area contributed by atoms with Crippen LogP contribution in [-0.2, 0) is 0 Å². The number of hydrogen-bond acceptors (Lipinski definition) is 1. The highest BCUT2D eigenvalue weighted by atomic mass is 14.6. The van der Waals surface area contributed by atoms with Gasteiger partial charge in [0.2, 0.25) is 0 Å². The predicted octanol–water partition coefficient (Wildman–Crippen LogP) is 2.94. The Kier molecular flexibility index (Phi) is 4.07. The summed E-state index contributed by atoms with van der Waals surface area (Å²) < 4.78 is 0. The van der Waals surface area contributed by atoms with Crippen molar-refractivity contribution in [3.05, 3.63) is 0 Å². The summed E-state index contributed by atoms with van der Waals surface area (Å²) >= 11 is 0. The van der Waals surface area contributed by atoms with E-state index < -0.39 is 0 Å². The molecule has 1 aliphatic rings. The zero-order valence-electron chi connectivity index (χ0n) is 8.55. The van der Waals surface area contributed by atoms with E-state index in [-0.39, 0.29) is 0 Å². The molecule has 0 saturated heterocycles. The van der Waals surface area contributed by atoms with E-state index in [0.29, 0.717) is 6.04 Å². The van der Waals surface area contributed by atoms with Crippen LogP contribution in [0.5, 0.6) is 0 Å². The van der Waals surface area contributed by atoms with E-state index in [0.717, 1.165) is 11.8 Å². The van der Waals surface area contributed by atoms with E-state index >= 15 is 0 Å². The molecule has 0 heterocycles. The van der Waals surface area contributed by atoms with Gasteiger partial charge in [0.05, 0.1) is 0 Å². The standard InChI is InChI=1S/C11H23N/c1-9-4-3-5-10(2)8-11(12)7-6-9/h9-11H,3-8,12H2,1-2H3/t9-,10+,11?/m1/s1. The van der Waals surface area contributed by atoms with Crippen molar-refractivity contribution in [2.75, 3.05) is 0 Å². The van der Waals surface area contributed by atoms with Gasteiger partial charge in [-0.25, -0.2) is 0 Å². The lowest BCUT2D eigenvalue weighted by Crippen LogP contribution is -2.22. The molecule has 12 heavy (non-hydrogen) atoms. The summed E-state index contributed by atoms with van der Waals surface area (Å²) in [6.45, 7) is 4.71. The van der Waals surface area contributed by atoms with E-state index in [1.54, 1.807) is 0 Å². The summed E-state index contributed by atoms with van der Waals surface area (Å²) in [5.74, 6) is 1.76. The van der Waals surface area contributed by atoms with Gasteiger partial charge in [-0.05, 0) is 31.1 Å². The Balaban J connectivity index is 2.36. The van der Waals surface area contributed by atoms with Crippen molar-refractivity contribution in [1.29, 1.82) is 0 Å². The van der Waals surface area contributed by atoms with Gasteiger partial charge in [-0.15, -0.1) is 0 Å². The second kappa shape index (κ2) is 4.86. The summed E-state index contributed by atoms with van der Waals surface area (Å²) in [6.07, 6.45) is 8.04. The fourth-order valence-electron chi connectivity index (χ4n) is 2.21. The summed E-state index contributed by atoms with van der Waals surface area (Å²) in [5, 5.41) is 0. The summed E-state index contributed by atoms with van der Waals surface area (Å²) in [5.41, 5.74) is 6.03. The average Bonchev–Trinajstić information content (AvgIpc) is 2.05. The number of rotatable bonds is 0. The molecule has 0 aromatic heterocycles. The van der Waals surface area contributed by atoms with Crippen LogP contribution in [0.25, 0.3) is 0 Å². The zero-order valence-corrected chi connectivity index (χ0v) is 8.55. The van der Waals surface area contributed by atoms with Crippen molar-refractivity contribution in [1.82, 2.24) is 0 Å². The Labute approximate surface area is 76.7 Å². The van der Waals surface area contributed by atoms with Gasteiger partial charge < -0.3 is 5.73 Å². The van der Waals surface area contributed by atoms with E-state index in [1.807, 2.05) is 0 Å². The van der Waals surface area contributed by atoms with Gasteiger partial charge in [0.25, 0.3) is 0 Å². The first kappa shape index (κ1) is 10.0. The Hall–Kier alpha value is -0.0400. The normalized spacial score (nSPS) is 39.8. The Morgan fingerprint density at radius 3 is 2.33 bits per heavy atom. The fraction of sp³-hybridized carbons (Fsp3) is 1.00. The van der Waals surface area contributed by atoms with Gasteiger partial charge in [-0.3, -0.25) is 0 Å². The molecule has 1 rings (SSSR count). The van der Waals surface area contributed by atoms with Gasteiger partial charge >= 0.3 is 0 Å². The third-order valence-electron chi connectivity index (χ3n) is 3.13. The third-order valence-corrected chi connectivity index (χ3v) is 3.13. The lowest BCUT2D eigenvalue weighted by molar-refractivity contribution is 0.426. The van der Waals surface area contributed by atoms with Crippen molar-refractivity contribution in [2.24, 2.45) is 17.6 Å². The highest BCUT2D eigenvalue weighted by molar-refractivity contribution is 4.70. The zero-order chi connectivity index (χ0) is 8.97. The predicted molar refractivity (Wildman–Crippen MR) is 54.0 cm³/mol. The molecule has 0 aromatic rings. The Morgan fingerprint density at radius 1 is 0.917 bits per heavy atom. The van der Waals surface area contributed by atoms with Crippen molar-refractivity contribution in [3.8, 4) is 0 Å². The first-order chi connectivity index (χ1) is 5.68. The monoisotopic (exact) mass is 169 g/mol. The molecule has 0 amide bonds. The van der Waals surface area contributed by atoms with Crippen LogP contribution in [0.4, 0.5) is 0 Å². The maximum absolute atomic E-state index is 6.03. The molecule has 1 saturated carbocycles.